The van der Waals surface area contributed by atoms with Crippen LogP contribution < -0.4 is 9.46 Å². The topological polar surface area (TPSA) is 75.6 Å². The van der Waals surface area contributed by atoms with Crippen LogP contribution in [0.15, 0.2) is 48.5 Å². The van der Waals surface area contributed by atoms with Gasteiger partial charge in [-0.3, -0.25) is 4.72 Å². The van der Waals surface area contributed by atoms with Gasteiger partial charge in [0, 0.05) is 0 Å². The standard InChI is InChI=1S/C14H15NO4S/c1-20(17,18)15-13-9-11(10-16)7-8-14(13)19-12-5-3-2-4-6-12/h2-9,15-16H,10H2,1H3. The van der Waals surface area contributed by atoms with Crippen LogP contribution in [-0.4, -0.2) is 19.8 Å². The first-order valence-electron chi connectivity index (χ1n) is 5.92. The zero-order valence-corrected chi connectivity index (χ0v) is 11.7. The molecule has 0 bridgehead atoms. The summed E-state index contributed by atoms with van der Waals surface area (Å²) in [5, 5.41) is 9.12. The second-order valence-corrected chi connectivity index (χ2v) is 6.03. The van der Waals surface area contributed by atoms with Crippen molar-refractivity contribution in [3.8, 4) is 11.5 Å². The second kappa shape index (κ2) is 5.94. The summed E-state index contributed by atoms with van der Waals surface area (Å²) < 4.78 is 30.8. The normalized spacial score (nSPS) is 11.1. The first kappa shape index (κ1) is 14.4. The molecule has 0 saturated carbocycles. The van der Waals surface area contributed by atoms with E-state index in [9.17, 15) is 8.42 Å². The molecular formula is C14H15NO4S. The fourth-order valence-electron chi connectivity index (χ4n) is 1.66. The van der Waals surface area contributed by atoms with Crippen LogP contribution in [-0.2, 0) is 16.6 Å². The summed E-state index contributed by atoms with van der Waals surface area (Å²) in [6.45, 7) is -0.177. The fraction of sp³-hybridized carbons (Fsp3) is 0.143. The summed E-state index contributed by atoms with van der Waals surface area (Å²) in [7, 11) is -3.43. The number of para-hydroxylation sites is 1. The summed E-state index contributed by atoms with van der Waals surface area (Å²) >= 11 is 0. The first-order valence-corrected chi connectivity index (χ1v) is 7.81. The molecule has 0 atom stereocenters. The minimum atomic E-state index is -3.43. The van der Waals surface area contributed by atoms with Crippen molar-refractivity contribution < 1.29 is 18.3 Å². The van der Waals surface area contributed by atoms with Gasteiger partial charge in [0.15, 0.2) is 5.75 Å². The monoisotopic (exact) mass is 293 g/mol. The quantitative estimate of drug-likeness (QED) is 0.887. The first-order chi connectivity index (χ1) is 9.48. The predicted molar refractivity (Wildman–Crippen MR) is 77.3 cm³/mol. The number of hydrogen-bond acceptors (Lipinski definition) is 4. The van der Waals surface area contributed by atoms with Crippen molar-refractivity contribution in [2.75, 3.05) is 11.0 Å². The molecular weight excluding hydrogens is 278 g/mol. The molecule has 0 aromatic heterocycles. The molecule has 20 heavy (non-hydrogen) atoms. The third-order valence-electron chi connectivity index (χ3n) is 2.49. The third kappa shape index (κ3) is 3.97. The van der Waals surface area contributed by atoms with E-state index < -0.39 is 10.0 Å². The van der Waals surface area contributed by atoms with Crippen molar-refractivity contribution in [2.45, 2.75) is 6.61 Å². The molecule has 5 nitrogen and oxygen atoms in total. The van der Waals surface area contributed by atoms with E-state index in [0.717, 1.165) is 6.26 Å². The lowest BCUT2D eigenvalue weighted by Gasteiger charge is -2.13. The molecule has 0 spiro atoms. The van der Waals surface area contributed by atoms with Crippen LogP contribution in [0.2, 0.25) is 0 Å². The predicted octanol–water partition coefficient (Wildman–Crippen LogP) is 2.34. The summed E-state index contributed by atoms with van der Waals surface area (Å²) in [6.07, 6.45) is 1.06. The smallest absolute Gasteiger partial charge is 0.229 e. The number of ether oxygens (including phenoxy) is 1. The highest BCUT2D eigenvalue weighted by atomic mass is 32.2. The Morgan fingerprint density at radius 3 is 2.45 bits per heavy atom. The van der Waals surface area contributed by atoms with Crippen molar-refractivity contribution in [3.63, 3.8) is 0 Å². The van der Waals surface area contributed by atoms with Gasteiger partial charge in [0.2, 0.25) is 10.0 Å². The molecule has 2 aromatic carbocycles. The Bertz CT molecular complexity index is 684. The molecule has 2 N–H and O–H groups in total. The Morgan fingerprint density at radius 1 is 1.15 bits per heavy atom. The lowest BCUT2D eigenvalue weighted by atomic mass is 10.2. The van der Waals surface area contributed by atoms with Crippen molar-refractivity contribution >= 4 is 15.7 Å². The lowest BCUT2D eigenvalue weighted by Crippen LogP contribution is -2.10. The van der Waals surface area contributed by atoms with E-state index in [1.54, 1.807) is 30.3 Å². The van der Waals surface area contributed by atoms with Crippen LogP contribution in [0.1, 0.15) is 5.56 Å². The van der Waals surface area contributed by atoms with Crippen LogP contribution >= 0.6 is 0 Å². The van der Waals surface area contributed by atoms with E-state index >= 15 is 0 Å². The van der Waals surface area contributed by atoms with Gasteiger partial charge in [0.1, 0.15) is 5.75 Å². The number of aliphatic hydroxyl groups excluding tert-OH is 1. The minimum Gasteiger partial charge on any atom is -0.455 e. The number of rotatable bonds is 5. The Morgan fingerprint density at radius 2 is 1.85 bits per heavy atom. The van der Waals surface area contributed by atoms with Crippen LogP contribution in [0.4, 0.5) is 5.69 Å². The van der Waals surface area contributed by atoms with Gasteiger partial charge in [-0.2, -0.15) is 0 Å². The maximum absolute atomic E-state index is 11.4. The fourth-order valence-corrected chi connectivity index (χ4v) is 2.22. The van der Waals surface area contributed by atoms with Gasteiger partial charge in [-0.15, -0.1) is 0 Å². The lowest BCUT2D eigenvalue weighted by molar-refractivity contribution is 0.282. The van der Waals surface area contributed by atoms with Crippen LogP contribution in [0.5, 0.6) is 11.5 Å². The van der Waals surface area contributed by atoms with Gasteiger partial charge in [-0.05, 0) is 29.8 Å². The van der Waals surface area contributed by atoms with Gasteiger partial charge in [-0.25, -0.2) is 8.42 Å². The Kier molecular flexibility index (Phi) is 4.26. The van der Waals surface area contributed by atoms with E-state index in [1.807, 2.05) is 18.2 Å². The zero-order valence-electron chi connectivity index (χ0n) is 10.9. The molecule has 0 heterocycles. The summed E-state index contributed by atoms with van der Waals surface area (Å²) in [4.78, 5) is 0. The molecule has 0 amide bonds. The molecule has 6 heteroatoms. The molecule has 0 radical (unpaired) electrons. The van der Waals surface area contributed by atoms with Crippen LogP contribution in [0, 0.1) is 0 Å². The average Bonchev–Trinajstić information content (AvgIpc) is 2.40. The van der Waals surface area contributed by atoms with Crippen LogP contribution in [0.3, 0.4) is 0 Å². The highest BCUT2D eigenvalue weighted by Crippen LogP contribution is 2.31. The van der Waals surface area contributed by atoms with Gasteiger partial charge < -0.3 is 9.84 Å². The number of aliphatic hydroxyl groups is 1. The van der Waals surface area contributed by atoms with Gasteiger partial charge >= 0.3 is 0 Å². The number of nitrogens with one attached hydrogen (secondary N) is 1. The number of benzene rings is 2. The van der Waals surface area contributed by atoms with E-state index in [2.05, 4.69) is 4.72 Å². The Hall–Kier alpha value is -2.05. The average molecular weight is 293 g/mol. The van der Waals surface area contributed by atoms with Gasteiger partial charge in [0.05, 0.1) is 18.6 Å². The molecule has 0 aliphatic rings. The highest BCUT2D eigenvalue weighted by molar-refractivity contribution is 7.92. The van der Waals surface area contributed by atoms with E-state index in [1.165, 1.54) is 0 Å². The summed E-state index contributed by atoms with van der Waals surface area (Å²) in [6, 6.07) is 13.9. The largest absolute Gasteiger partial charge is 0.455 e. The Labute approximate surface area is 117 Å². The SMILES string of the molecule is CS(=O)(=O)Nc1cc(CO)ccc1Oc1ccccc1. The van der Waals surface area contributed by atoms with E-state index in [4.69, 9.17) is 9.84 Å². The maximum Gasteiger partial charge on any atom is 0.229 e. The van der Waals surface area contributed by atoms with E-state index in [-0.39, 0.29) is 6.61 Å². The summed E-state index contributed by atoms with van der Waals surface area (Å²) in [5.74, 6) is 0.972. The molecule has 106 valence electrons. The van der Waals surface area contributed by atoms with Crippen molar-refractivity contribution in [1.82, 2.24) is 0 Å². The Balaban J connectivity index is 2.36. The van der Waals surface area contributed by atoms with Crippen LogP contribution in [0.25, 0.3) is 0 Å². The van der Waals surface area contributed by atoms with Gasteiger partial charge in [-0.1, -0.05) is 24.3 Å². The van der Waals surface area contributed by atoms with Crippen molar-refractivity contribution in [2.24, 2.45) is 0 Å². The number of hydrogen-bond donors (Lipinski definition) is 2. The zero-order chi connectivity index (χ0) is 14.6. The van der Waals surface area contributed by atoms with Crippen molar-refractivity contribution in [1.29, 1.82) is 0 Å². The maximum atomic E-state index is 11.4. The molecule has 2 rings (SSSR count). The minimum absolute atomic E-state index is 0.177. The molecule has 0 saturated heterocycles. The molecule has 0 fully saturated rings. The molecule has 0 aliphatic heterocycles. The second-order valence-electron chi connectivity index (χ2n) is 4.28. The highest BCUT2D eigenvalue weighted by Gasteiger charge is 2.10. The molecule has 0 aliphatic carbocycles. The number of anilines is 1. The third-order valence-corrected chi connectivity index (χ3v) is 3.08. The van der Waals surface area contributed by atoms with Crippen molar-refractivity contribution in [3.05, 3.63) is 54.1 Å². The summed E-state index contributed by atoms with van der Waals surface area (Å²) in [5.41, 5.74) is 0.888. The van der Waals surface area contributed by atoms with E-state index in [0.29, 0.717) is 22.7 Å². The van der Waals surface area contributed by atoms with Gasteiger partial charge in [0.25, 0.3) is 0 Å². The molecule has 2 aromatic rings. The number of sulfonamides is 1. The molecule has 0 unspecified atom stereocenters.